The van der Waals surface area contributed by atoms with Crippen molar-refractivity contribution in [1.82, 2.24) is 5.32 Å². The van der Waals surface area contributed by atoms with Crippen LogP contribution in [0.25, 0.3) is 0 Å². The van der Waals surface area contributed by atoms with Crippen LogP contribution in [0, 0.1) is 5.92 Å². The lowest BCUT2D eigenvalue weighted by Gasteiger charge is -2.16. The minimum absolute atomic E-state index is 0.133. The molecule has 0 saturated carbocycles. The molecule has 1 aliphatic rings. The van der Waals surface area contributed by atoms with Crippen LogP contribution in [0.1, 0.15) is 24.2 Å². The first-order valence-corrected chi connectivity index (χ1v) is 7.12. The Morgan fingerprint density at radius 2 is 2.05 bits per heavy atom. The van der Waals surface area contributed by atoms with Crippen LogP contribution in [0.3, 0.4) is 0 Å². The number of anilines is 1. The van der Waals surface area contributed by atoms with Gasteiger partial charge in [0.25, 0.3) is 11.7 Å². The summed E-state index contributed by atoms with van der Waals surface area (Å²) >= 11 is 3.26. The number of ketones is 1. The van der Waals surface area contributed by atoms with Gasteiger partial charge in [-0.05, 0) is 24.1 Å². The molecule has 2 rings (SSSR count). The van der Waals surface area contributed by atoms with Gasteiger partial charge in [-0.1, -0.05) is 29.8 Å². The van der Waals surface area contributed by atoms with Crippen LogP contribution in [0.2, 0.25) is 0 Å². The zero-order valence-corrected chi connectivity index (χ0v) is 12.9. The van der Waals surface area contributed by atoms with Crippen LogP contribution in [0.4, 0.5) is 5.69 Å². The van der Waals surface area contributed by atoms with Crippen molar-refractivity contribution in [2.75, 3.05) is 18.0 Å². The Balaban J connectivity index is 2.16. The predicted molar refractivity (Wildman–Crippen MR) is 78.7 cm³/mol. The standard InChI is InChI=1S/C14H15BrN2O3/c1-8(2)6-16-12(18)7-17-11-4-3-9(15)5-10(11)13(19)14(17)20/h3-5,8H,6-7H2,1-2H3,(H,16,18). The van der Waals surface area contributed by atoms with E-state index in [0.717, 1.165) is 4.47 Å². The number of nitrogens with one attached hydrogen (secondary N) is 1. The summed E-state index contributed by atoms with van der Waals surface area (Å²) in [5.74, 6) is -1.16. The van der Waals surface area contributed by atoms with Gasteiger partial charge in [0.2, 0.25) is 5.91 Å². The van der Waals surface area contributed by atoms with E-state index in [1.165, 1.54) is 4.90 Å². The van der Waals surface area contributed by atoms with Gasteiger partial charge in [-0.25, -0.2) is 0 Å². The van der Waals surface area contributed by atoms with Crippen molar-refractivity contribution in [3.63, 3.8) is 0 Å². The number of amides is 2. The summed E-state index contributed by atoms with van der Waals surface area (Å²) in [6.45, 7) is 4.38. The molecule has 0 spiro atoms. The fraction of sp³-hybridized carbons (Fsp3) is 0.357. The lowest BCUT2D eigenvalue weighted by atomic mass is 10.1. The van der Waals surface area contributed by atoms with Crippen molar-refractivity contribution in [2.24, 2.45) is 5.92 Å². The van der Waals surface area contributed by atoms with Crippen LogP contribution < -0.4 is 10.2 Å². The smallest absolute Gasteiger partial charge is 0.299 e. The van der Waals surface area contributed by atoms with Gasteiger partial charge in [-0.2, -0.15) is 0 Å². The van der Waals surface area contributed by atoms with E-state index in [1.807, 2.05) is 13.8 Å². The summed E-state index contributed by atoms with van der Waals surface area (Å²) < 4.78 is 0.725. The number of nitrogens with zero attached hydrogens (tertiary/aromatic N) is 1. The molecular formula is C14H15BrN2O3. The molecule has 0 bridgehead atoms. The van der Waals surface area contributed by atoms with E-state index in [4.69, 9.17) is 0 Å². The van der Waals surface area contributed by atoms with E-state index in [-0.39, 0.29) is 12.5 Å². The summed E-state index contributed by atoms with van der Waals surface area (Å²) in [5, 5.41) is 2.73. The van der Waals surface area contributed by atoms with Gasteiger partial charge in [-0.15, -0.1) is 0 Å². The first-order valence-electron chi connectivity index (χ1n) is 6.32. The average Bonchev–Trinajstić information content (AvgIpc) is 2.61. The quantitative estimate of drug-likeness (QED) is 0.850. The highest BCUT2D eigenvalue weighted by atomic mass is 79.9. The van der Waals surface area contributed by atoms with E-state index >= 15 is 0 Å². The number of carbonyl (C=O) groups is 3. The predicted octanol–water partition coefficient (Wildman–Crippen LogP) is 1.75. The average molecular weight is 339 g/mol. The summed E-state index contributed by atoms with van der Waals surface area (Å²) in [7, 11) is 0. The van der Waals surface area contributed by atoms with Crippen molar-refractivity contribution in [2.45, 2.75) is 13.8 Å². The fourth-order valence-electron chi connectivity index (χ4n) is 1.95. The fourth-order valence-corrected chi connectivity index (χ4v) is 2.31. The number of Topliss-reactive ketones (excluding diaryl/α,β-unsaturated/α-hetero) is 1. The number of fused-ring (bicyclic) bond motifs is 1. The van der Waals surface area contributed by atoms with Crippen LogP contribution in [0.15, 0.2) is 22.7 Å². The molecule has 6 heteroatoms. The molecule has 0 aliphatic carbocycles. The van der Waals surface area contributed by atoms with Gasteiger partial charge >= 0.3 is 0 Å². The summed E-state index contributed by atoms with van der Waals surface area (Å²) in [6.07, 6.45) is 0. The number of hydrogen-bond acceptors (Lipinski definition) is 3. The first kappa shape index (κ1) is 14.7. The zero-order valence-electron chi connectivity index (χ0n) is 11.3. The summed E-state index contributed by atoms with van der Waals surface area (Å²) in [5.41, 5.74) is 0.823. The van der Waals surface area contributed by atoms with Gasteiger partial charge in [0.05, 0.1) is 11.3 Å². The Morgan fingerprint density at radius 1 is 1.35 bits per heavy atom. The normalized spacial score (nSPS) is 13.9. The number of benzene rings is 1. The van der Waals surface area contributed by atoms with Crippen molar-refractivity contribution in [3.05, 3.63) is 28.2 Å². The van der Waals surface area contributed by atoms with Crippen LogP contribution >= 0.6 is 15.9 Å². The second kappa shape index (κ2) is 5.75. The topological polar surface area (TPSA) is 66.5 Å². The van der Waals surface area contributed by atoms with Crippen molar-refractivity contribution < 1.29 is 14.4 Å². The molecule has 1 N–H and O–H groups in total. The molecule has 0 saturated heterocycles. The van der Waals surface area contributed by atoms with E-state index < -0.39 is 11.7 Å². The number of hydrogen-bond donors (Lipinski definition) is 1. The molecule has 20 heavy (non-hydrogen) atoms. The molecule has 0 aromatic heterocycles. The van der Waals surface area contributed by atoms with Gasteiger partial charge < -0.3 is 5.32 Å². The van der Waals surface area contributed by atoms with Crippen molar-refractivity contribution in [3.8, 4) is 0 Å². The monoisotopic (exact) mass is 338 g/mol. The third-order valence-corrected chi connectivity index (χ3v) is 3.44. The summed E-state index contributed by atoms with van der Waals surface area (Å²) in [6, 6.07) is 5.00. The van der Waals surface area contributed by atoms with E-state index in [0.29, 0.717) is 23.7 Å². The molecule has 2 amide bonds. The van der Waals surface area contributed by atoms with Gasteiger partial charge in [-0.3, -0.25) is 19.3 Å². The first-order chi connectivity index (χ1) is 9.40. The highest BCUT2D eigenvalue weighted by Gasteiger charge is 2.36. The lowest BCUT2D eigenvalue weighted by Crippen LogP contribution is -2.41. The van der Waals surface area contributed by atoms with Gasteiger partial charge in [0.1, 0.15) is 6.54 Å². The third kappa shape index (κ3) is 2.90. The van der Waals surface area contributed by atoms with Crippen LogP contribution in [-0.2, 0) is 9.59 Å². The molecule has 106 valence electrons. The van der Waals surface area contributed by atoms with E-state index in [2.05, 4.69) is 21.2 Å². The second-order valence-electron chi connectivity index (χ2n) is 5.08. The zero-order chi connectivity index (χ0) is 14.9. The molecule has 1 aromatic carbocycles. The highest BCUT2D eigenvalue weighted by molar-refractivity contribution is 9.10. The summed E-state index contributed by atoms with van der Waals surface area (Å²) in [4.78, 5) is 36.8. The van der Waals surface area contributed by atoms with Crippen LogP contribution in [-0.4, -0.2) is 30.7 Å². The minimum atomic E-state index is -0.655. The van der Waals surface area contributed by atoms with Gasteiger partial charge in [0, 0.05) is 11.0 Å². The third-order valence-electron chi connectivity index (χ3n) is 2.94. The number of carbonyl (C=O) groups excluding carboxylic acids is 3. The number of halogens is 1. The molecule has 0 radical (unpaired) electrons. The highest BCUT2D eigenvalue weighted by Crippen LogP contribution is 2.30. The maximum Gasteiger partial charge on any atom is 0.299 e. The van der Waals surface area contributed by atoms with Gasteiger partial charge in [0.15, 0.2) is 0 Å². The largest absolute Gasteiger partial charge is 0.354 e. The van der Waals surface area contributed by atoms with Crippen molar-refractivity contribution >= 4 is 39.2 Å². The molecule has 5 nitrogen and oxygen atoms in total. The molecule has 1 aromatic rings. The maximum absolute atomic E-state index is 11.9. The Morgan fingerprint density at radius 3 is 2.70 bits per heavy atom. The van der Waals surface area contributed by atoms with Crippen LogP contribution in [0.5, 0.6) is 0 Å². The van der Waals surface area contributed by atoms with E-state index in [1.54, 1.807) is 18.2 Å². The molecule has 0 atom stereocenters. The Bertz CT molecular complexity index is 584. The maximum atomic E-state index is 11.9. The molecule has 0 fully saturated rings. The molecular weight excluding hydrogens is 324 g/mol. The molecule has 0 unspecified atom stereocenters. The Hall–Kier alpha value is -1.69. The number of rotatable bonds is 4. The lowest BCUT2D eigenvalue weighted by molar-refractivity contribution is -0.122. The molecule has 1 heterocycles. The van der Waals surface area contributed by atoms with E-state index in [9.17, 15) is 14.4 Å². The van der Waals surface area contributed by atoms with Crippen molar-refractivity contribution in [1.29, 1.82) is 0 Å². The Labute approximate surface area is 125 Å². The minimum Gasteiger partial charge on any atom is -0.354 e. The second-order valence-corrected chi connectivity index (χ2v) is 6.00. The molecule has 1 aliphatic heterocycles. The Kier molecular flexibility index (Phi) is 4.23. The SMILES string of the molecule is CC(C)CNC(=O)CN1C(=O)C(=O)c2cc(Br)ccc21.